The van der Waals surface area contributed by atoms with Gasteiger partial charge in [-0.15, -0.1) is 0 Å². The molecule has 1 fully saturated rings. The molecular formula is C12H23NO. The average molecular weight is 197 g/mol. The summed E-state index contributed by atoms with van der Waals surface area (Å²) in [6.45, 7) is 6.96. The Morgan fingerprint density at radius 1 is 1.43 bits per heavy atom. The van der Waals surface area contributed by atoms with E-state index >= 15 is 0 Å². The summed E-state index contributed by atoms with van der Waals surface area (Å²) >= 11 is 0. The van der Waals surface area contributed by atoms with Gasteiger partial charge in [0, 0.05) is 11.3 Å². The molecule has 0 heterocycles. The maximum absolute atomic E-state index is 12.1. The zero-order valence-corrected chi connectivity index (χ0v) is 9.68. The van der Waals surface area contributed by atoms with Gasteiger partial charge in [0.2, 0.25) is 0 Å². The van der Waals surface area contributed by atoms with Gasteiger partial charge in [0.1, 0.15) is 5.78 Å². The van der Waals surface area contributed by atoms with E-state index in [2.05, 4.69) is 20.8 Å². The van der Waals surface area contributed by atoms with E-state index in [4.69, 9.17) is 5.73 Å². The third kappa shape index (κ3) is 2.35. The maximum Gasteiger partial charge on any atom is 0.141 e. The van der Waals surface area contributed by atoms with Gasteiger partial charge < -0.3 is 5.73 Å². The lowest BCUT2D eigenvalue weighted by Crippen LogP contribution is -2.29. The first-order chi connectivity index (χ1) is 6.51. The zero-order chi connectivity index (χ0) is 10.8. The molecule has 0 radical (unpaired) electrons. The fourth-order valence-corrected chi connectivity index (χ4v) is 2.25. The largest absolute Gasteiger partial charge is 0.330 e. The van der Waals surface area contributed by atoms with E-state index in [0.29, 0.717) is 17.6 Å². The molecule has 1 saturated carbocycles. The Bertz CT molecular complexity index is 210. The first-order valence-corrected chi connectivity index (χ1v) is 5.75. The Morgan fingerprint density at radius 2 is 2.07 bits per heavy atom. The van der Waals surface area contributed by atoms with Crippen LogP contribution in [0, 0.1) is 17.3 Å². The van der Waals surface area contributed by atoms with Crippen LogP contribution in [-0.2, 0) is 4.79 Å². The second kappa shape index (κ2) is 4.43. The molecule has 82 valence electrons. The number of hydrogen-bond donors (Lipinski definition) is 1. The van der Waals surface area contributed by atoms with Gasteiger partial charge in [-0.1, -0.05) is 20.8 Å². The third-order valence-electron chi connectivity index (χ3n) is 3.80. The smallest absolute Gasteiger partial charge is 0.141 e. The fraction of sp³-hybridized carbons (Fsp3) is 0.917. The van der Waals surface area contributed by atoms with Crippen molar-refractivity contribution in [2.24, 2.45) is 23.0 Å². The molecule has 0 amide bonds. The van der Waals surface area contributed by atoms with Gasteiger partial charge in [-0.2, -0.15) is 0 Å². The van der Waals surface area contributed by atoms with Crippen LogP contribution in [0.15, 0.2) is 0 Å². The number of Topliss-reactive ketones (excluding diaryl/α,β-unsaturated/α-hetero) is 1. The summed E-state index contributed by atoms with van der Waals surface area (Å²) in [5, 5.41) is 0. The van der Waals surface area contributed by atoms with Gasteiger partial charge in [0.25, 0.3) is 0 Å². The number of rotatable bonds is 4. The molecule has 0 aromatic carbocycles. The first-order valence-electron chi connectivity index (χ1n) is 5.75. The van der Waals surface area contributed by atoms with Crippen LogP contribution in [0.2, 0.25) is 0 Å². The number of carbonyl (C=O) groups excluding carboxylic acids is 1. The Labute approximate surface area is 87.2 Å². The SMILES string of the molecule is CCC(C)(C)C(=O)C1CCC(CN)C1. The Balaban J connectivity index is 2.55. The van der Waals surface area contributed by atoms with Gasteiger partial charge in [0.15, 0.2) is 0 Å². The summed E-state index contributed by atoms with van der Waals surface area (Å²) in [6.07, 6.45) is 4.17. The maximum atomic E-state index is 12.1. The minimum absolute atomic E-state index is 0.131. The zero-order valence-electron chi connectivity index (χ0n) is 9.68. The molecule has 0 saturated heterocycles. The van der Waals surface area contributed by atoms with Crippen LogP contribution in [0.25, 0.3) is 0 Å². The van der Waals surface area contributed by atoms with E-state index in [9.17, 15) is 4.79 Å². The predicted molar refractivity (Wildman–Crippen MR) is 59.0 cm³/mol. The summed E-state index contributed by atoms with van der Waals surface area (Å²) in [5.74, 6) is 1.34. The summed E-state index contributed by atoms with van der Waals surface area (Å²) in [5.41, 5.74) is 5.50. The second-order valence-electron chi connectivity index (χ2n) is 5.21. The molecule has 1 aliphatic rings. The van der Waals surface area contributed by atoms with Gasteiger partial charge in [-0.05, 0) is 38.1 Å². The van der Waals surface area contributed by atoms with Crippen molar-refractivity contribution in [1.29, 1.82) is 0 Å². The summed E-state index contributed by atoms with van der Waals surface area (Å²) in [6, 6.07) is 0. The van der Waals surface area contributed by atoms with Crippen molar-refractivity contribution >= 4 is 5.78 Å². The molecule has 2 N–H and O–H groups in total. The normalized spacial score (nSPS) is 28.0. The van der Waals surface area contributed by atoms with E-state index < -0.39 is 0 Å². The molecule has 0 bridgehead atoms. The molecule has 14 heavy (non-hydrogen) atoms. The molecular weight excluding hydrogens is 174 g/mol. The monoisotopic (exact) mass is 197 g/mol. The van der Waals surface area contributed by atoms with Gasteiger partial charge in [-0.25, -0.2) is 0 Å². The van der Waals surface area contributed by atoms with Crippen molar-refractivity contribution in [3.63, 3.8) is 0 Å². The number of hydrogen-bond acceptors (Lipinski definition) is 2. The van der Waals surface area contributed by atoms with Crippen LogP contribution in [0.4, 0.5) is 0 Å². The van der Waals surface area contributed by atoms with Gasteiger partial charge in [0.05, 0.1) is 0 Å². The lowest BCUT2D eigenvalue weighted by Gasteiger charge is -2.24. The Kier molecular flexibility index (Phi) is 3.71. The highest BCUT2D eigenvalue weighted by atomic mass is 16.1. The standard InChI is InChI=1S/C12H23NO/c1-4-12(2,3)11(14)10-6-5-9(7-10)8-13/h9-10H,4-8,13H2,1-3H3. The molecule has 0 aromatic rings. The van der Waals surface area contributed by atoms with Crippen LogP contribution in [0.1, 0.15) is 46.5 Å². The lowest BCUT2D eigenvalue weighted by atomic mass is 9.78. The second-order valence-corrected chi connectivity index (χ2v) is 5.21. The van der Waals surface area contributed by atoms with Gasteiger partial charge in [-0.3, -0.25) is 4.79 Å². The Morgan fingerprint density at radius 3 is 2.50 bits per heavy atom. The molecule has 2 unspecified atom stereocenters. The van der Waals surface area contributed by atoms with Crippen molar-refractivity contribution in [3.05, 3.63) is 0 Å². The van der Waals surface area contributed by atoms with Crippen molar-refractivity contribution in [2.45, 2.75) is 46.5 Å². The molecule has 1 aliphatic carbocycles. The van der Waals surface area contributed by atoms with Crippen LogP contribution >= 0.6 is 0 Å². The first kappa shape index (κ1) is 11.7. The quantitative estimate of drug-likeness (QED) is 0.752. The minimum Gasteiger partial charge on any atom is -0.330 e. The van der Waals surface area contributed by atoms with E-state index in [-0.39, 0.29) is 5.41 Å². The van der Waals surface area contributed by atoms with Crippen LogP contribution < -0.4 is 5.73 Å². The molecule has 2 nitrogen and oxygen atoms in total. The molecule has 2 heteroatoms. The molecule has 2 atom stereocenters. The molecule has 0 aromatic heterocycles. The topological polar surface area (TPSA) is 43.1 Å². The van der Waals surface area contributed by atoms with E-state index in [1.165, 1.54) is 0 Å². The summed E-state index contributed by atoms with van der Waals surface area (Å²) in [4.78, 5) is 12.1. The lowest BCUT2D eigenvalue weighted by molar-refractivity contribution is -0.131. The minimum atomic E-state index is -0.131. The van der Waals surface area contributed by atoms with Crippen molar-refractivity contribution in [3.8, 4) is 0 Å². The predicted octanol–water partition coefficient (Wildman–Crippen LogP) is 2.37. The highest BCUT2D eigenvalue weighted by Crippen LogP contribution is 2.36. The van der Waals surface area contributed by atoms with Crippen molar-refractivity contribution < 1.29 is 4.79 Å². The molecule has 0 spiro atoms. The summed E-state index contributed by atoms with van der Waals surface area (Å²) in [7, 11) is 0. The van der Waals surface area contributed by atoms with Crippen LogP contribution in [0.3, 0.4) is 0 Å². The average Bonchev–Trinajstić information content (AvgIpc) is 2.64. The van der Waals surface area contributed by atoms with Crippen LogP contribution in [-0.4, -0.2) is 12.3 Å². The third-order valence-corrected chi connectivity index (χ3v) is 3.80. The number of carbonyl (C=O) groups is 1. The number of nitrogens with two attached hydrogens (primary N) is 1. The van der Waals surface area contributed by atoms with E-state index in [1.54, 1.807) is 0 Å². The summed E-state index contributed by atoms with van der Waals surface area (Å²) < 4.78 is 0. The van der Waals surface area contributed by atoms with Gasteiger partial charge >= 0.3 is 0 Å². The number of ketones is 1. The highest BCUT2D eigenvalue weighted by Gasteiger charge is 2.36. The highest BCUT2D eigenvalue weighted by molar-refractivity contribution is 5.86. The Hall–Kier alpha value is -0.370. The van der Waals surface area contributed by atoms with E-state index in [1.807, 2.05) is 0 Å². The van der Waals surface area contributed by atoms with Crippen molar-refractivity contribution in [2.75, 3.05) is 6.54 Å². The molecule has 0 aliphatic heterocycles. The van der Waals surface area contributed by atoms with E-state index in [0.717, 1.165) is 32.2 Å². The molecule has 1 rings (SSSR count). The van der Waals surface area contributed by atoms with Crippen LogP contribution in [0.5, 0.6) is 0 Å². The van der Waals surface area contributed by atoms with Crippen molar-refractivity contribution in [1.82, 2.24) is 0 Å². The fourth-order valence-electron chi connectivity index (χ4n) is 2.25.